The number of ether oxygens (including phenoxy) is 7. The Balaban J connectivity index is 0.000000215. The van der Waals surface area contributed by atoms with Crippen molar-refractivity contribution >= 4 is 40.4 Å². The zero-order valence-electron chi connectivity index (χ0n) is 70.0. The summed E-state index contributed by atoms with van der Waals surface area (Å²) in [6.45, 7) is 47.8. The molecule has 606 valence electrons. The summed E-state index contributed by atoms with van der Waals surface area (Å²) >= 11 is 3.36. The maximum Gasteiger partial charge on any atom is 0.519 e. The van der Waals surface area contributed by atoms with Crippen LogP contribution in [0.15, 0.2) is 188 Å². The number of piperidine rings is 4. The van der Waals surface area contributed by atoms with E-state index in [4.69, 9.17) is 28.4 Å². The maximum atomic E-state index is 12.5. The molecule has 18 heteroatoms. The number of halogens is 1. The largest absolute Gasteiger partial charge is 0.519 e. The van der Waals surface area contributed by atoms with Crippen LogP contribution in [0.25, 0.3) is 0 Å². The third-order valence-electron chi connectivity index (χ3n) is 21.4. The lowest BCUT2D eigenvalue weighted by molar-refractivity contribution is -0.0295. The van der Waals surface area contributed by atoms with Gasteiger partial charge in [-0.25, -0.2) is 19.2 Å². The Hall–Kier alpha value is -8.58. The number of hydrogen-bond acceptors (Lipinski definition) is 15. The summed E-state index contributed by atoms with van der Waals surface area (Å²) in [5.74, 6) is 4.35. The molecule has 0 aliphatic carbocycles. The van der Waals surface area contributed by atoms with Gasteiger partial charge < -0.3 is 63.8 Å². The van der Waals surface area contributed by atoms with E-state index in [2.05, 4.69) is 178 Å². The van der Waals surface area contributed by atoms with E-state index in [0.717, 1.165) is 73.4 Å². The third-order valence-corrected chi connectivity index (χ3v) is 22.1. The Morgan fingerprint density at radius 2 is 0.712 bits per heavy atom. The predicted molar refractivity (Wildman–Crippen MR) is 449 cm³/mol. The molecule has 4 heterocycles. The molecule has 0 unspecified atom stereocenters. The Morgan fingerprint density at radius 1 is 0.405 bits per heavy atom. The molecule has 7 aromatic rings. The quantitative estimate of drug-likeness (QED) is 0.0412. The topological polar surface area (TPSA) is 204 Å². The van der Waals surface area contributed by atoms with Crippen LogP contribution in [0.5, 0.6) is 23.0 Å². The molecule has 0 spiro atoms. The molecule has 0 saturated carbocycles. The first-order valence-electron chi connectivity index (χ1n) is 39.3. The molecule has 0 radical (unpaired) electrons. The standard InChI is InChI=1S/C25H33NO3.C20H25NO.C18H27NO3.C13H19NO.C10H18O5.C7H7Br/c1-19-17-26(23(27)29-24(2,3)4)15-14-25(19,5)21-12-9-13-22(16-21)28-18-20-10-7-6-8-11-20;1-16-14-21-12-11-20(16,2)18-9-6-10-19(13-18)22-15-17-7-4-3-5-8-17;1-13-12-19(16(21)22-17(2,3)4)10-9-18(13,5)14-7-6-8-15(20)11-14;1-10-9-14-7-6-13(10,2)11-4-3-5-12(15)8-11;1-9(2,3)14-7(11)13-8(12)15-10(4,5)6;8-6-7-4-2-1-3-5-7/h6-13,16,19H,14-15,17-18H2,1-5H3;3-10,13,16,21H,11-12,14-15H2,1-2H3;6-8,11,13,20H,9-10,12H2,1-5H3;3-5,8,10,14-15H,6-7,9H2,1-2H3;1-6H3;1-5H,6H2/t19-,25+;16-,20+;13-,18+;10-,13+;;/m0000../s1. The molecule has 4 aliphatic rings. The first-order valence-corrected chi connectivity index (χ1v) is 40.4. The lowest BCUT2D eigenvalue weighted by Gasteiger charge is -2.45. The molecule has 2 amide bonds. The number of carbonyl (C=O) groups excluding carboxylic acids is 4. The summed E-state index contributed by atoms with van der Waals surface area (Å²) in [4.78, 5) is 50.3. The van der Waals surface area contributed by atoms with Crippen LogP contribution in [0.4, 0.5) is 19.2 Å². The van der Waals surface area contributed by atoms with Gasteiger partial charge >= 0.3 is 24.5 Å². The Labute approximate surface area is 672 Å². The van der Waals surface area contributed by atoms with Crippen molar-refractivity contribution in [2.75, 3.05) is 52.4 Å². The van der Waals surface area contributed by atoms with Crippen LogP contribution >= 0.6 is 15.9 Å². The van der Waals surface area contributed by atoms with Crippen LogP contribution < -0.4 is 20.1 Å². The third kappa shape index (κ3) is 29.8. The molecule has 4 N–H and O–H groups in total. The van der Waals surface area contributed by atoms with Crippen LogP contribution in [0, 0.1) is 23.7 Å². The van der Waals surface area contributed by atoms with Crippen molar-refractivity contribution in [2.45, 2.75) is 227 Å². The van der Waals surface area contributed by atoms with Gasteiger partial charge in [-0.05, 0) is 268 Å². The second-order valence-electron chi connectivity index (χ2n) is 34.9. The maximum absolute atomic E-state index is 12.5. The number of amides is 2. The number of rotatable bonds is 11. The lowest BCUT2D eigenvalue weighted by atomic mass is 9.68. The zero-order chi connectivity index (χ0) is 82.0. The highest BCUT2D eigenvalue weighted by molar-refractivity contribution is 9.08. The molecular weight excluding hydrogens is 1460 g/mol. The summed E-state index contributed by atoms with van der Waals surface area (Å²) in [6, 6.07) is 63.0. The molecule has 4 saturated heterocycles. The molecule has 17 nitrogen and oxygen atoms in total. The predicted octanol–water partition coefficient (Wildman–Crippen LogP) is 21.6. The van der Waals surface area contributed by atoms with Crippen molar-refractivity contribution in [3.8, 4) is 23.0 Å². The minimum Gasteiger partial charge on any atom is -0.508 e. The van der Waals surface area contributed by atoms with Crippen LogP contribution in [-0.2, 0) is 63.9 Å². The summed E-state index contributed by atoms with van der Waals surface area (Å²) in [6.07, 6.45) is 1.50. The minimum atomic E-state index is -1.06. The molecule has 8 atom stereocenters. The van der Waals surface area contributed by atoms with Crippen LogP contribution in [0.2, 0.25) is 0 Å². The van der Waals surface area contributed by atoms with E-state index in [0.29, 0.717) is 68.6 Å². The number of phenolic OH excluding ortho intramolecular Hbond substituents is 2. The van der Waals surface area contributed by atoms with Gasteiger partial charge in [0.2, 0.25) is 0 Å². The van der Waals surface area contributed by atoms with Gasteiger partial charge in [0.25, 0.3) is 0 Å². The zero-order valence-corrected chi connectivity index (χ0v) is 71.6. The second kappa shape index (κ2) is 41.3. The average Bonchev–Trinajstić information content (AvgIpc) is 0.796. The van der Waals surface area contributed by atoms with Crippen molar-refractivity contribution in [3.05, 3.63) is 227 Å². The number of hydrogen-bond donors (Lipinski definition) is 4. The van der Waals surface area contributed by atoms with E-state index in [1.807, 2.05) is 131 Å². The number of alkyl halides is 1. The molecule has 4 fully saturated rings. The van der Waals surface area contributed by atoms with Crippen molar-refractivity contribution in [1.82, 2.24) is 20.4 Å². The Bertz CT molecular complexity index is 3980. The van der Waals surface area contributed by atoms with E-state index in [1.165, 1.54) is 34.2 Å². The lowest BCUT2D eigenvalue weighted by Crippen LogP contribution is -2.50. The SMILES string of the molecule is BrCc1ccccc1.CC(C)(C)OC(=O)OC(=O)OC(C)(C)C.C[C@H]1CN(C(=O)OC(C)(C)C)CC[C@@]1(C)c1cccc(O)c1.C[C@H]1CN(C(=O)OC(C)(C)C)CC[C@@]1(C)c1cccc(OCc2ccccc2)c1.C[C@H]1CNCC[C@@]1(C)c1cccc(O)c1.C[C@H]1CNCC[C@@]1(C)c1cccc(OCc2ccccc2)c1. The fourth-order valence-electron chi connectivity index (χ4n) is 13.7. The van der Waals surface area contributed by atoms with E-state index in [-0.39, 0.29) is 39.8 Å². The number of phenols is 2. The first kappa shape index (κ1) is 91.3. The summed E-state index contributed by atoms with van der Waals surface area (Å²) in [5, 5.41) is 27.1. The molecule has 0 bridgehead atoms. The summed E-state index contributed by atoms with van der Waals surface area (Å²) < 4.78 is 36.8. The van der Waals surface area contributed by atoms with Gasteiger partial charge in [0.05, 0.1) is 0 Å². The Morgan fingerprint density at radius 3 is 1.00 bits per heavy atom. The van der Waals surface area contributed by atoms with E-state index in [9.17, 15) is 29.4 Å². The highest BCUT2D eigenvalue weighted by Crippen LogP contribution is 2.44. The normalized spacial score (nSPS) is 22.4. The monoisotopic (exact) mass is 1590 g/mol. The van der Waals surface area contributed by atoms with Crippen molar-refractivity contribution in [1.29, 1.82) is 0 Å². The smallest absolute Gasteiger partial charge is 0.508 e. The number of nitrogens with zero attached hydrogens (tertiary/aromatic N) is 2. The van der Waals surface area contributed by atoms with Gasteiger partial charge in [-0.15, -0.1) is 0 Å². The van der Waals surface area contributed by atoms with Gasteiger partial charge in [0.15, 0.2) is 0 Å². The van der Waals surface area contributed by atoms with Crippen LogP contribution in [-0.4, -0.2) is 119 Å². The Kier molecular flexibility index (Phi) is 33.9. The van der Waals surface area contributed by atoms with Crippen molar-refractivity contribution < 1.29 is 62.5 Å². The van der Waals surface area contributed by atoms with Gasteiger partial charge in [-0.3, -0.25) is 0 Å². The van der Waals surface area contributed by atoms with E-state index in [1.54, 1.807) is 58.6 Å². The summed E-state index contributed by atoms with van der Waals surface area (Å²) in [7, 11) is 0. The van der Waals surface area contributed by atoms with E-state index < -0.39 is 34.7 Å². The van der Waals surface area contributed by atoms with Crippen molar-refractivity contribution in [3.63, 3.8) is 0 Å². The minimum absolute atomic E-state index is 0.00930. The number of carbonyl (C=O) groups is 4. The highest BCUT2D eigenvalue weighted by Gasteiger charge is 2.43. The second-order valence-corrected chi connectivity index (χ2v) is 35.5. The highest BCUT2D eigenvalue weighted by atomic mass is 79.9. The number of likely N-dealkylation sites (tertiary alicyclic amines) is 2. The van der Waals surface area contributed by atoms with Crippen LogP contribution in [0.1, 0.15) is 203 Å². The molecular formula is C93H129BrN4O13. The van der Waals surface area contributed by atoms with Crippen molar-refractivity contribution in [2.24, 2.45) is 23.7 Å². The van der Waals surface area contributed by atoms with Gasteiger partial charge in [-0.2, -0.15) is 0 Å². The fourth-order valence-corrected chi connectivity index (χ4v) is 14.1. The fraction of sp³-hybridized carbons (Fsp3) is 0.505. The number of benzene rings is 7. The number of aromatic hydroxyl groups is 2. The molecule has 11 rings (SSSR count). The first-order chi connectivity index (χ1) is 52.0. The van der Waals surface area contributed by atoms with Gasteiger partial charge in [-0.1, -0.05) is 211 Å². The summed E-state index contributed by atoms with van der Waals surface area (Å²) in [5.41, 5.74) is 6.79. The molecule has 7 aromatic carbocycles. The van der Waals surface area contributed by atoms with E-state index >= 15 is 0 Å². The molecule has 0 aromatic heterocycles. The van der Waals surface area contributed by atoms with Gasteiger partial charge in [0, 0.05) is 31.5 Å². The molecule has 4 aliphatic heterocycles. The number of nitrogens with one attached hydrogen (secondary N) is 2. The average molecular weight is 1590 g/mol. The van der Waals surface area contributed by atoms with Crippen LogP contribution in [0.3, 0.4) is 0 Å². The van der Waals surface area contributed by atoms with Gasteiger partial charge in [0.1, 0.15) is 58.6 Å². The molecule has 111 heavy (non-hydrogen) atoms.